The second-order valence-electron chi connectivity index (χ2n) is 3.79. The van der Waals surface area contributed by atoms with E-state index in [-0.39, 0.29) is 0 Å². The standard InChI is InChI=1S/C10H19NO/c1-9(12)3-2-4-10-5-7-11-8-6-10/h10-11H,2-8H2,1H3. The highest BCUT2D eigenvalue weighted by Gasteiger charge is 2.12. The molecule has 70 valence electrons. The molecule has 0 radical (unpaired) electrons. The Morgan fingerprint density at radius 3 is 2.67 bits per heavy atom. The van der Waals surface area contributed by atoms with Gasteiger partial charge in [0.05, 0.1) is 0 Å². The van der Waals surface area contributed by atoms with Gasteiger partial charge in [-0.15, -0.1) is 0 Å². The van der Waals surface area contributed by atoms with Gasteiger partial charge in [0.2, 0.25) is 0 Å². The van der Waals surface area contributed by atoms with Crippen molar-refractivity contribution in [1.29, 1.82) is 0 Å². The van der Waals surface area contributed by atoms with Crippen LogP contribution in [0.4, 0.5) is 0 Å². The molecule has 0 aromatic carbocycles. The van der Waals surface area contributed by atoms with Crippen LogP contribution in [0.5, 0.6) is 0 Å². The zero-order valence-electron chi connectivity index (χ0n) is 7.94. The number of carbonyl (C=O) groups excluding carboxylic acids is 1. The average Bonchev–Trinajstić information content (AvgIpc) is 2.05. The van der Waals surface area contributed by atoms with Crippen LogP contribution in [0.15, 0.2) is 0 Å². The third-order valence-electron chi connectivity index (χ3n) is 2.60. The Bertz CT molecular complexity index is 139. The molecule has 1 heterocycles. The lowest BCUT2D eigenvalue weighted by molar-refractivity contribution is -0.117. The Morgan fingerprint density at radius 2 is 2.08 bits per heavy atom. The van der Waals surface area contributed by atoms with E-state index < -0.39 is 0 Å². The molecule has 0 unspecified atom stereocenters. The van der Waals surface area contributed by atoms with Crippen LogP contribution in [0.1, 0.15) is 39.0 Å². The van der Waals surface area contributed by atoms with Crippen LogP contribution < -0.4 is 5.32 Å². The molecule has 0 spiro atoms. The second-order valence-corrected chi connectivity index (χ2v) is 3.79. The van der Waals surface area contributed by atoms with Gasteiger partial charge in [-0.2, -0.15) is 0 Å². The Labute approximate surface area is 74.7 Å². The monoisotopic (exact) mass is 169 g/mol. The first-order valence-corrected chi connectivity index (χ1v) is 4.99. The van der Waals surface area contributed by atoms with E-state index in [1.165, 1.54) is 32.4 Å². The Morgan fingerprint density at radius 1 is 1.42 bits per heavy atom. The van der Waals surface area contributed by atoms with E-state index in [2.05, 4.69) is 5.32 Å². The summed E-state index contributed by atoms with van der Waals surface area (Å²) in [6.07, 6.45) is 5.74. The minimum Gasteiger partial charge on any atom is -0.317 e. The molecule has 0 aromatic heterocycles. The number of hydrogen-bond acceptors (Lipinski definition) is 2. The molecule has 1 aliphatic rings. The summed E-state index contributed by atoms with van der Waals surface area (Å²) in [6.45, 7) is 4.03. The third kappa shape index (κ3) is 3.86. The molecule has 0 amide bonds. The van der Waals surface area contributed by atoms with Crippen molar-refractivity contribution in [2.24, 2.45) is 5.92 Å². The van der Waals surface area contributed by atoms with Crippen molar-refractivity contribution in [2.45, 2.75) is 39.0 Å². The maximum Gasteiger partial charge on any atom is 0.129 e. The highest BCUT2D eigenvalue weighted by Crippen LogP contribution is 2.18. The van der Waals surface area contributed by atoms with Crippen LogP contribution in [0.2, 0.25) is 0 Å². The van der Waals surface area contributed by atoms with Gasteiger partial charge < -0.3 is 10.1 Å². The van der Waals surface area contributed by atoms with Gasteiger partial charge in [-0.05, 0) is 51.6 Å². The first-order valence-electron chi connectivity index (χ1n) is 4.99. The van der Waals surface area contributed by atoms with Gasteiger partial charge in [0, 0.05) is 6.42 Å². The summed E-state index contributed by atoms with van der Waals surface area (Å²) in [7, 11) is 0. The third-order valence-corrected chi connectivity index (χ3v) is 2.60. The normalized spacial score (nSPS) is 19.4. The highest BCUT2D eigenvalue weighted by molar-refractivity contribution is 5.75. The number of nitrogens with one attached hydrogen (secondary N) is 1. The number of hydrogen-bond donors (Lipinski definition) is 1. The van der Waals surface area contributed by atoms with Crippen molar-refractivity contribution in [2.75, 3.05) is 13.1 Å². The van der Waals surface area contributed by atoms with Crippen LogP contribution in [-0.2, 0) is 4.79 Å². The summed E-state index contributed by atoms with van der Waals surface area (Å²) in [5, 5.41) is 3.35. The van der Waals surface area contributed by atoms with E-state index in [1.54, 1.807) is 6.92 Å². The first kappa shape index (κ1) is 9.72. The fourth-order valence-corrected chi connectivity index (χ4v) is 1.81. The molecule has 1 fully saturated rings. The minimum absolute atomic E-state index is 0.337. The van der Waals surface area contributed by atoms with Crippen molar-refractivity contribution in [3.63, 3.8) is 0 Å². The summed E-state index contributed by atoms with van der Waals surface area (Å²) in [5.41, 5.74) is 0. The quantitative estimate of drug-likeness (QED) is 0.694. The van der Waals surface area contributed by atoms with Crippen molar-refractivity contribution >= 4 is 5.78 Å². The molecule has 0 saturated carbocycles. The second kappa shape index (κ2) is 5.31. The summed E-state index contributed by atoms with van der Waals surface area (Å²) in [6, 6.07) is 0. The molecule has 0 atom stereocenters. The zero-order valence-corrected chi connectivity index (χ0v) is 7.94. The number of carbonyl (C=O) groups is 1. The molecule has 1 aliphatic heterocycles. The van der Waals surface area contributed by atoms with Gasteiger partial charge in [-0.1, -0.05) is 0 Å². The zero-order chi connectivity index (χ0) is 8.81. The lowest BCUT2D eigenvalue weighted by Gasteiger charge is -2.22. The number of Topliss-reactive ketones (excluding diaryl/α,β-unsaturated/α-hetero) is 1. The van der Waals surface area contributed by atoms with E-state index in [1.807, 2.05) is 0 Å². The molecule has 2 heteroatoms. The number of piperidine rings is 1. The lowest BCUT2D eigenvalue weighted by atomic mass is 9.92. The van der Waals surface area contributed by atoms with Crippen LogP contribution >= 0.6 is 0 Å². The van der Waals surface area contributed by atoms with Crippen molar-refractivity contribution in [1.82, 2.24) is 5.32 Å². The van der Waals surface area contributed by atoms with E-state index in [0.717, 1.165) is 18.8 Å². The van der Waals surface area contributed by atoms with E-state index >= 15 is 0 Å². The van der Waals surface area contributed by atoms with E-state index in [9.17, 15) is 4.79 Å². The predicted molar refractivity (Wildman–Crippen MR) is 50.1 cm³/mol. The van der Waals surface area contributed by atoms with E-state index in [0.29, 0.717) is 5.78 Å². The maximum absolute atomic E-state index is 10.7. The van der Waals surface area contributed by atoms with Crippen molar-refractivity contribution in [3.05, 3.63) is 0 Å². The van der Waals surface area contributed by atoms with Crippen LogP contribution in [0, 0.1) is 5.92 Å². The van der Waals surface area contributed by atoms with Crippen LogP contribution in [0.25, 0.3) is 0 Å². The van der Waals surface area contributed by atoms with Crippen molar-refractivity contribution < 1.29 is 4.79 Å². The van der Waals surface area contributed by atoms with E-state index in [4.69, 9.17) is 0 Å². The molecule has 2 nitrogen and oxygen atoms in total. The van der Waals surface area contributed by atoms with Gasteiger partial charge >= 0.3 is 0 Å². The average molecular weight is 169 g/mol. The summed E-state index contributed by atoms with van der Waals surface area (Å²) >= 11 is 0. The minimum atomic E-state index is 0.337. The van der Waals surface area contributed by atoms with Gasteiger partial charge in [0.1, 0.15) is 5.78 Å². The molecule has 0 bridgehead atoms. The Hall–Kier alpha value is -0.370. The SMILES string of the molecule is CC(=O)CCCC1CCNCC1. The predicted octanol–water partition coefficient (Wildman–Crippen LogP) is 1.75. The molecule has 1 rings (SSSR count). The molecule has 0 aliphatic carbocycles. The largest absolute Gasteiger partial charge is 0.317 e. The summed E-state index contributed by atoms with van der Waals surface area (Å²) in [4.78, 5) is 10.7. The Kier molecular flexibility index (Phi) is 4.30. The molecule has 0 aromatic rings. The Balaban J connectivity index is 2.01. The smallest absolute Gasteiger partial charge is 0.129 e. The van der Waals surface area contributed by atoms with Gasteiger partial charge in [-0.3, -0.25) is 0 Å². The number of ketones is 1. The molecule has 1 saturated heterocycles. The van der Waals surface area contributed by atoms with Gasteiger partial charge in [0.15, 0.2) is 0 Å². The van der Waals surface area contributed by atoms with Crippen LogP contribution in [0.3, 0.4) is 0 Å². The van der Waals surface area contributed by atoms with Gasteiger partial charge in [-0.25, -0.2) is 0 Å². The fourth-order valence-electron chi connectivity index (χ4n) is 1.81. The lowest BCUT2D eigenvalue weighted by Crippen LogP contribution is -2.27. The van der Waals surface area contributed by atoms with Crippen molar-refractivity contribution in [3.8, 4) is 0 Å². The highest BCUT2D eigenvalue weighted by atomic mass is 16.1. The molecular weight excluding hydrogens is 150 g/mol. The summed E-state index contributed by atoms with van der Waals surface area (Å²) < 4.78 is 0. The number of rotatable bonds is 4. The summed E-state index contributed by atoms with van der Waals surface area (Å²) in [5.74, 6) is 1.22. The van der Waals surface area contributed by atoms with Crippen LogP contribution in [-0.4, -0.2) is 18.9 Å². The first-order chi connectivity index (χ1) is 5.79. The molecular formula is C10H19NO. The molecule has 1 N–H and O–H groups in total. The topological polar surface area (TPSA) is 29.1 Å². The maximum atomic E-state index is 10.7. The fraction of sp³-hybridized carbons (Fsp3) is 0.900. The van der Waals surface area contributed by atoms with Gasteiger partial charge in [0.25, 0.3) is 0 Å². The molecule has 12 heavy (non-hydrogen) atoms.